The number of aliphatic hydroxyl groups is 1. The topological polar surface area (TPSA) is 56.0 Å². The molecular weight excluding hydrogens is 395 g/mol. The quantitative estimate of drug-likeness (QED) is 0.500. The van der Waals surface area contributed by atoms with Crippen molar-refractivity contribution in [1.82, 2.24) is 9.38 Å². The molecule has 2 aromatic heterocycles. The van der Waals surface area contributed by atoms with Crippen molar-refractivity contribution in [1.29, 1.82) is 0 Å². The third-order valence-corrected chi connectivity index (χ3v) is 5.79. The number of hydrogen-bond donors (Lipinski definition) is 1. The summed E-state index contributed by atoms with van der Waals surface area (Å²) in [7, 11) is 0. The van der Waals surface area contributed by atoms with Gasteiger partial charge in [-0.05, 0) is 47.9 Å². The molecule has 0 radical (unpaired) electrons. The smallest absolute Gasteiger partial charge is 0.180 e. The van der Waals surface area contributed by atoms with E-state index >= 15 is 0 Å². The molecule has 0 saturated carbocycles. The van der Waals surface area contributed by atoms with E-state index in [1.807, 2.05) is 60.0 Å². The van der Waals surface area contributed by atoms with Gasteiger partial charge in [0.25, 0.3) is 0 Å². The number of aromatic nitrogens is 2. The molecule has 5 nitrogen and oxygen atoms in total. The lowest BCUT2D eigenvalue weighted by Gasteiger charge is -2.23. The van der Waals surface area contributed by atoms with Gasteiger partial charge in [0.1, 0.15) is 11.9 Å². The Balaban J connectivity index is 1.48. The molecule has 1 aliphatic rings. The maximum atomic E-state index is 13.9. The van der Waals surface area contributed by atoms with Gasteiger partial charge in [0.2, 0.25) is 0 Å². The van der Waals surface area contributed by atoms with E-state index in [1.54, 1.807) is 12.1 Å². The fourth-order valence-electron chi connectivity index (χ4n) is 4.24. The number of fused-ring (bicyclic) bond motifs is 2. The van der Waals surface area contributed by atoms with Crippen molar-refractivity contribution in [2.45, 2.75) is 38.8 Å². The number of aliphatic hydroxyl groups excluding tert-OH is 1. The van der Waals surface area contributed by atoms with Crippen LogP contribution in [0.5, 0.6) is 5.75 Å². The average molecular weight is 418 g/mol. The number of imidazole rings is 1. The maximum absolute atomic E-state index is 13.9. The number of pyridine rings is 1. The third-order valence-electron chi connectivity index (χ3n) is 5.79. The van der Waals surface area contributed by atoms with E-state index in [4.69, 9.17) is 9.47 Å². The SMILES string of the molecule is Cc1nc2c(O[C@@H]3c4ccc(F)cc4C[C@H]3OCc3ccccc3)cccn2c1CO. The van der Waals surface area contributed by atoms with Crippen molar-refractivity contribution in [3.8, 4) is 5.75 Å². The lowest BCUT2D eigenvalue weighted by Crippen LogP contribution is -2.23. The molecule has 0 fully saturated rings. The Labute approximate surface area is 179 Å². The summed E-state index contributed by atoms with van der Waals surface area (Å²) in [5.41, 5.74) is 5.01. The van der Waals surface area contributed by atoms with E-state index in [0.717, 1.165) is 28.1 Å². The fourth-order valence-corrected chi connectivity index (χ4v) is 4.24. The van der Waals surface area contributed by atoms with Crippen LogP contribution in [0, 0.1) is 12.7 Å². The van der Waals surface area contributed by atoms with Crippen molar-refractivity contribution in [3.63, 3.8) is 0 Å². The van der Waals surface area contributed by atoms with E-state index in [0.29, 0.717) is 24.4 Å². The lowest BCUT2D eigenvalue weighted by atomic mass is 10.1. The molecule has 0 amide bonds. The Morgan fingerprint density at radius 2 is 1.97 bits per heavy atom. The Morgan fingerprint density at radius 1 is 1.13 bits per heavy atom. The zero-order valence-corrected chi connectivity index (χ0v) is 17.2. The molecule has 6 heteroatoms. The van der Waals surface area contributed by atoms with Crippen LogP contribution >= 0.6 is 0 Å². The molecule has 0 aliphatic heterocycles. The molecule has 5 rings (SSSR count). The Hall–Kier alpha value is -3.22. The number of halogens is 1. The first-order valence-corrected chi connectivity index (χ1v) is 10.3. The second-order valence-electron chi connectivity index (χ2n) is 7.79. The van der Waals surface area contributed by atoms with Gasteiger partial charge in [-0.3, -0.25) is 4.40 Å². The summed E-state index contributed by atoms with van der Waals surface area (Å²) in [6.45, 7) is 2.20. The molecule has 1 N–H and O–H groups in total. The van der Waals surface area contributed by atoms with Crippen LogP contribution in [0.3, 0.4) is 0 Å². The zero-order chi connectivity index (χ0) is 21.4. The molecule has 0 spiro atoms. The van der Waals surface area contributed by atoms with Gasteiger partial charge in [-0.1, -0.05) is 36.4 Å². The van der Waals surface area contributed by atoms with Gasteiger partial charge in [0, 0.05) is 12.6 Å². The molecule has 2 aromatic carbocycles. The minimum atomic E-state index is -0.389. The second-order valence-corrected chi connectivity index (χ2v) is 7.79. The van der Waals surface area contributed by atoms with Gasteiger partial charge >= 0.3 is 0 Å². The second kappa shape index (κ2) is 8.13. The highest BCUT2D eigenvalue weighted by molar-refractivity contribution is 5.56. The lowest BCUT2D eigenvalue weighted by molar-refractivity contribution is -0.0253. The van der Waals surface area contributed by atoms with Gasteiger partial charge in [-0.15, -0.1) is 0 Å². The van der Waals surface area contributed by atoms with Crippen molar-refractivity contribution >= 4 is 5.65 Å². The van der Waals surface area contributed by atoms with Crippen LogP contribution in [0.2, 0.25) is 0 Å². The van der Waals surface area contributed by atoms with E-state index in [-0.39, 0.29) is 24.6 Å². The molecule has 31 heavy (non-hydrogen) atoms. The molecule has 2 heterocycles. The summed E-state index contributed by atoms with van der Waals surface area (Å²) in [5.74, 6) is 0.334. The predicted molar refractivity (Wildman–Crippen MR) is 114 cm³/mol. The van der Waals surface area contributed by atoms with Crippen LogP contribution in [-0.4, -0.2) is 20.6 Å². The van der Waals surface area contributed by atoms with E-state index in [2.05, 4.69) is 4.98 Å². The minimum absolute atomic E-state index is 0.106. The van der Waals surface area contributed by atoms with Crippen LogP contribution in [0.1, 0.15) is 34.2 Å². The molecule has 0 saturated heterocycles. The van der Waals surface area contributed by atoms with Crippen LogP contribution < -0.4 is 4.74 Å². The number of benzene rings is 2. The van der Waals surface area contributed by atoms with Crippen LogP contribution in [-0.2, 0) is 24.4 Å². The van der Waals surface area contributed by atoms with E-state index < -0.39 is 0 Å². The van der Waals surface area contributed by atoms with E-state index in [9.17, 15) is 9.50 Å². The largest absolute Gasteiger partial charge is 0.479 e. The van der Waals surface area contributed by atoms with Crippen molar-refractivity contribution in [2.75, 3.05) is 0 Å². The highest BCUT2D eigenvalue weighted by Crippen LogP contribution is 2.39. The Morgan fingerprint density at radius 3 is 2.77 bits per heavy atom. The number of hydrogen-bond acceptors (Lipinski definition) is 4. The molecule has 0 unspecified atom stereocenters. The summed E-state index contributed by atoms with van der Waals surface area (Å²) in [6.07, 6.45) is 1.78. The van der Waals surface area contributed by atoms with Crippen LogP contribution in [0.25, 0.3) is 5.65 Å². The van der Waals surface area contributed by atoms with Gasteiger partial charge in [0.15, 0.2) is 17.5 Å². The number of ether oxygens (including phenoxy) is 2. The monoisotopic (exact) mass is 418 g/mol. The van der Waals surface area contributed by atoms with E-state index in [1.165, 1.54) is 6.07 Å². The van der Waals surface area contributed by atoms with Crippen LogP contribution in [0.15, 0.2) is 66.9 Å². The zero-order valence-electron chi connectivity index (χ0n) is 17.2. The molecule has 1 aliphatic carbocycles. The highest BCUT2D eigenvalue weighted by atomic mass is 19.1. The number of aryl methyl sites for hydroxylation is 1. The van der Waals surface area contributed by atoms with Crippen molar-refractivity contribution in [3.05, 3.63) is 101 Å². The highest BCUT2D eigenvalue weighted by Gasteiger charge is 2.36. The molecule has 158 valence electrons. The molecule has 2 atom stereocenters. The summed E-state index contributed by atoms with van der Waals surface area (Å²) >= 11 is 0. The minimum Gasteiger partial charge on any atom is -0.479 e. The average Bonchev–Trinajstić information content (AvgIpc) is 3.29. The van der Waals surface area contributed by atoms with Gasteiger partial charge < -0.3 is 14.6 Å². The predicted octanol–water partition coefficient (Wildman–Crippen LogP) is 4.54. The summed E-state index contributed by atoms with van der Waals surface area (Å²) in [5, 5.41) is 9.70. The molecule has 4 aromatic rings. The Bertz CT molecular complexity index is 1220. The number of rotatable bonds is 6. The first-order valence-electron chi connectivity index (χ1n) is 10.3. The summed E-state index contributed by atoms with van der Waals surface area (Å²) in [6, 6.07) is 18.5. The van der Waals surface area contributed by atoms with Gasteiger partial charge in [0.05, 0.1) is 24.6 Å². The van der Waals surface area contributed by atoms with Gasteiger partial charge in [-0.25, -0.2) is 9.37 Å². The van der Waals surface area contributed by atoms with Crippen molar-refractivity contribution < 1.29 is 19.0 Å². The standard InChI is InChI=1S/C25H23FN2O3/c1-16-21(14-29)28-11-5-8-22(25(28)27-16)31-24-20-10-9-19(26)12-18(20)13-23(24)30-15-17-6-3-2-4-7-17/h2-12,23-24,29H,13-15H2,1H3/t23-,24-/m1/s1. The first-order chi connectivity index (χ1) is 15.1. The number of nitrogens with zero attached hydrogens (tertiary/aromatic N) is 2. The molecule has 0 bridgehead atoms. The van der Waals surface area contributed by atoms with Gasteiger partial charge in [-0.2, -0.15) is 0 Å². The Kier molecular flexibility index (Phi) is 5.18. The third kappa shape index (κ3) is 3.69. The fraction of sp³-hybridized carbons (Fsp3) is 0.240. The summed E-state index contributed by atoms with van der Waals surface area (Å²) < 4.78 is 28.4. The summed E-state index contributed by atoms with van der Waals surface area (Å²) in [4.78, 5) is 4.59. The maximum Gasteiger partial charge on any atom is 0.180 e. The van der Waals surface area contributed by atoms with Crippen LogP contribution in [0.4, 0.5) is 4.39 Å². The first kappa shape index (κ1) is 19.7. The normalized spacial score (nSPS) is 17.8. The molecular formula is C25H23FN2O3. The van der Waals surface area contributed by atoms with Crippen molar-refractivity contribution in [2.24, 2.45) is 0 Å².